The van der Waals surface area contributed by atoms with E-state index < -0.39 is 0 Å². The van der Waals surface area contributed by atoms with Gasteiger partial charge in [0.15, 0.2) is 0 Å². The molecule has 0 saturated heterocycles. The second kappa shape index (κ2) is 7.84. The lowest BCUT2D eigenvalue weighted by atomic mass is 9.83. The van der Waals surface area contributed by atoms with Crippen LogP contribution in [-0.2, 0) is 13.0 Å². The summed E-state index contributed by atoms with van der Waals surface area (Å²) in [5.41, 5.74) is 6.89. The number of hydrogen-bond acceptors (Lipinski definition) is 3. The first-order valence-electron chi connectivity index (χ1n) is 8.98. The Morgan fingerprint density at radius 3 is 2.56 bits per heavy atom. The molecule has 1 atom stereocenters. The highest BCUT2D eigenvalue weighted by atomic mass is 35.5. The van der Waals surface area contributed by atoms with Crippen LogP contribution < -0.4 is 9.47 Å². The average Bonchev–Trinajstić information content (AvgIpc) is 2.62. The van der Waals surface area contributed by atoms with Gasteiger partial charge in [-0.1, -0.05) is 17.2 Å². The van der Waals surface area contributed by atoms with Crippen molar-refractivity contribution in [1.29, 1.82) is 0 Å². The van der Waals surface area contributed by atoms with Gasteiger partial charge in [-0.2, -0.15) is 0 Å². The predicted molar refractivity (Wildman–Crippen MR) is 104 cm³/mol. The first-order valence-corrected chi connectivity index (χ1v) is 9.52. The van der Waals surface area contributed by atoms with Crippen LogP contribution >= 0.6 is 11.6 Å². The molecule has 0 radical (unpaired) electrons. The van der Waals surface area contributed by atoms with Crippen LogP contribution in [0.25, 0.3) is 0 Å². The number of halogens is 1. The second-order valence-electron chi connectivity index (χ2n) is 7.03. The minimum absolute atomic E-state index is 0.410. The van der Waals surface area contributed by atoms with Gasteiger partial charge in [0.2, 0.25) is 0 Å². The van der Waals surface area contributed by atoms with Crippen LogP contribution in [0.5, 0.6) is 11.5 Å². The minimum Gasteiger partial charge on any atom is -0.496 e. The third kappa shape index (κ3) is 3.58. The zero-order chi connectivity index (χ0) is 18.0. The number of ether oxygens (including phenoxy) is 2. The molecule has 3 rings (SSSR count). The van der Waals surface area contributed by atoms with Crippen molar-refractivity contribution in [3.8, 4) is 11.5 Å². The highest BCUT2D eigenvalue weighted by molar-refractivity contribution is 6.18. The van der Waals surface area contributed by atoms with Gasteiger partial charge in [0.25, 0.3) is 0 Å². The summed E-state index contributed by atoms with van der Waals surface area (Å²) in [7, 11) is 3.50. The van der Waals surface area contributed by atoms with E-state index in [1.165, 1.54) is 27.8 Å². The number of fused-ring (bicyclic) bond motifs is 2. The van der Waals surface area contributed by atoms with Crippen molar-refractivity contribution in [1.82, 2.24) is 4.90 Å². The summed E-state index contributed by atoms with van der Waals surface area (Å²) in [5, 5.41) is 0. The number of alkyl halides is 1. The standard InChI is InChI=1S/C21H28ClNO2/c1-14(7-9-22)11-16-15(2)8-10-23-13-18-17(12-19(16)23)20(24-3)5-6-21(18)25-4/h5-6,11,19H,7-10,12-13H2,1-4H3/b14-11+. The largest absolute Gasteiger partial charge is 0.496 e. The summed E-state index contributed by atoms with van der Waals surface area (Å²) < 4.78 is 11.3. The Morgan fingerprint density at radius 2 is 1.92 bits per heavy atom. The Kier molecular flexibility index (Phi) is 5.75. The molecule has 0 fully saturated rings. The van der Waals surface area contributed by atoms with E-state index in [0.717, 1.165) is 43.9 Å². The number of hydrogen-bond donors (Lipinski definition) is 0. The SMILES string of the molecule is COc1ccc(OC)c2c1CC1C(/C=C(\C)CCCl)=C(C)CCN1C2. The summed E-state index contributed by atoms with van der Waals surface area (Å²) in [4.78, 5) is 2.58. The molecule has 1 aromatic rings. The zero-order valence-electron chi connectivity index (χ0n) is 15.7. The van der Waals surface area contributed by atoms with Crippen LogP contribution in [-0.4, -0.2) is 37.6 Å². The normalized spacial score (nSPS) is 21.0. The summed E-state index contributed by atoms with van der Waals surface area (Å²) >= 11 is 5.93. The van der Waals surface area contributed by atoms with Crippen molar-refractivity contribution in [2.45, 2.75) is 45.7 Å². The molecule has 1 aromatic carbocycles. The molecule has 0 bridgehead atoms. The molecule has 136 valence electrons. The van der Waals surface area contributed by atoms with Gasteiger partial charge in [0.1, 0.15) is 11.5 Å². The predicted octanol–water partition coefficient (Wildman–Crippen LogP) is 4.73. The molecule has 0 aromatic heterocycles. The van der Waals surface area contributed by atoms with E-state index in [9.17, 15) is 0 Å². The Labute approximate surface area is 156 Å². The van der Waals surface area contributed by atoms with Gasteiger partial charge in [-0.15, -0.1) is 11.6 Å². The van der Waals surface area contributed by atoms with Crippen LogP contribution in [0.1, 0.15) is 37.8 Å². The van der Waals surface area contributed by atoms with E-state index in [2.05, 4.69) is 24.8 Å². The topological polar surface area (TPSA) is 21.7 Å². The summed E-state index contributed by atoms with van der Waals surface area (Å²) in [6.45, 7) is 6.47. The second-order valence-corrected chi connectivity index (χ2v) is 7.41. The number of nitrogens with zero attached hydrogens (tertiary/aromatic N) is 1. The number of allylic oxidation sites excluding steroid dienone is 1. The molecule has 0 aliphatic carbocycles. The smallest absolute Gasteiger partial charge is 0.123 e. The van der Waals surface area contributed by atoms with E-state index >= 15 is 0 Å². The maximum atomic E-state index is 5.93. The minimum atomic E-state index is 0.410. The summed E-state index contributed by atoms with van der Waals surface area (Å²) in [5.74, 6) is 2.62. The summed E-state index contributed by atoms with van der Waals surface area (Å²) in [6.07, 6.45) is 5.40. The van der Waals surface area contributed by atoms with Gasteiger partial charge < -0.3 is 9.47 Å². The van der Waals surface area contributed by atoms with Crippen LogP contribution in [0.3, 0.4) is 0 Å². The molecule has 4 heteroatoms. The van der Waals surface area contributed by atoms with Crippen molar-refractivity contribution in [2.75, 3.05) is 26.6 Å². The Morgan fingerprint density at radius 1 is 1.24 bits per heavy atom. The van der Waals surface area contributed by atoms with E-state index in [1.807, 2.05) is 12.1 Å². The molecule has 0 amide bonds. The van der Waals surface area contributed by atoms with Crippen molar-refractivity contribution in [3.63, 3.8) is 0 Å². The lowest BCUT2D eigenvalue weighted by Crippen LogP contribution is -2.45. The monoisotopic (exact) mass is 361 g/mol. The van der Waals surface area contributed by atoms with Gasteiger partial charge in [0.05, 0.1) is 14.2 Å². The van der Waals surface area contributed by atoms with Crippen LogP contribution in [0.2, 0.25) is 0 Å². The molecule has 0 saturated carbocycles. The van der Waals surface area contributed by atoms with Crippen molar-refractivity contribution < 1.29 is 9.47 Å². The van der Waals surface area contributed by atoms with Gasteiger partial charge in [-0.3, -0.25) is 4.90 Å². The van der Waals surface area contributed by atoms with E-state index in [4.69, 9.17) is 21.1 Å². The van der Waals surface area contributed by atoms with E-state index in [1.54, 1.807) is 14.2 Å². The fraction of sp³-hybridized carbons (Fsp3) is 0.524. The van der Waals surface area contributed by atoms with E-state index in [-0.39, 0.29) is 0 Å². The van der Waals surface area contributed by atoms with Crippen molar-refractivity contribution in [3.05, 3.63) is 46.1 Å². The van der Waals surface area contributed by atoms with Gasteiger partial charge in [0, 0.05) is 36.1 Å². The maximum Gasteiger partial charge on any atom is 0.123 e. The zero-order valence-corrected chi connectivity index (χ0v) is 16.4. The molecule has 2 aliphatic rings. The van der Waals surface area contributed by atoms with Crippen LogP contribution in [0, 0.1) is 0 Å². The number of rotatable bonds is 5. The first-order chi connectivity index (χ1) is 12.1. The van der Waals surface area contributed by atoms with Gasteiger partial charge in [-0.05, 0) is 50.8 Å². The van der Waals surface area contributed by atoms with Crippen LogP contribution in [0.4, 0.5) is 0 Å². The Bertz CT molecular complexity index is 708. The molecule has 2 aliphatic heterocycles. The molecule has 25 heavy (non-hydrogen) atoms. The average molecular weight is 362 g/mol. The quantitative estimate of drug-likeness (QED) is 0.708. The fourth-order valence-electron chi connectivity index (χ4n) is 4.05. The Balaban J connectivity index is 2.01. The third-order valence-electron chi connectivity index (χ3n) is 5.50. The first kappa shape index (κ1) is 18.3. The highest BCUT2D eigenvalue weighted by Gasteiger charge is 2.34. The molecule has 3 nitrogen and oxygen atoms in total. The number of benzene rings is 1. The van der Waals surface area contributed by atoms with Crippen molar-refractivity contribution in [2.24, 2.45) is 0 Å². The molecule has 2 heterocycles. The van der Waals surface area contributed by atoms with Crippen molar-refractivity contribution >= 4 is 11.6 Å². The summed E-state index contributed by atoms with van der Waals surface area (Å²) in [6, 6.07) is 4.46. The highest BCUT2D eigenvalue weighted by Crippen LogP contribution is 2.41. The van der Waals surface area contributed by atoms with Gasteiger partial charge in [-0.25, -0.2) is 0 Å². The fourth-order valence-corrected chi connectivity index (χ4v) is 4.35. The van der Waals surface area contributed by atoms with E-state index in [0.29, 0.717) is 11.9 Å². The number of methoxy groups -OCH3 is 2. The van der Waals surface area contributed by atoms with Gasteiger partial charge >= 0.3 is 0 Å². The maximum absolute atomic E-state index is 5.93. The Hall–Kier alpha value is -1.45. The van der Waals surface area contributed by atoms with Crippen LogP contribution in [0.15, 0.2) is 34.9 Å². The third-order valence-corrected chi connectivity index (χ3v) is 5.69. The lowest BCUT2D eigenvalue weighted by molar-refractivity contribution is 0.182. The molecule has 1 unspecified atom stereocenters. The molecule has 0 spiro atoms. The molecular weight excluding hydrogens is 334 g/mol. The lowest BCUT2D eigenvalue weighted by Gasteiger charge is -2.42. The molecular formula is C21H28ClNO2. The molecule has 0 N–H and O–H groups in total.